The predicted molar refractivity (Wildman–Crippen MR) is 44.8 cm³/mol. The third-order valence-corrected chi connectivity index (χ3v) is 3.39. The van der Waals surface area contributed by atoms with Gasteiger partial charge in [-0.15, -0.1) is 0 Å². The molecule has 0 spiro atoms. The third kappa shape index (κ3) is 2.41. The number of nitrogens with one attached hydrogen (secondary N) is 1. The first-order valence-corrected chi connectivity index (χ1v) is 5.46. The number of rotatable bonds is 3. The van der Waals surface area contributed by atoms with Crippen LogP contribution in [0.4, 0.5) is 0 Å². The summed E-state index contributed by atoms with van der Waals surface area (Å²) in [5.41, 5.74) is 0. The van der Waals surface area contributed by atoms with Crippen molar-refractivity contribution in [3.05, 3.63) is 0 Å². The Bertz CT molecular complexity index is 227. The normalized spacial score (nSPS) is 24.1. The van der Waals surface area contributed by atoms with E-state index in [1.807, 2.05) is 0 Å². The van der Waals surface area contributed by atoms with Gasteiger partial charge in [0.25, 0.3) is 10.2 Å². The molecule has 0 atom stereocenters. The average molecular weight is 194 g/mol. The summed E-state index contributed by atoms with van der Waals surface area (Å²) >= 11 is 0. The van der Waals surface area contributed by atoms with Gasteiger partial charge in [-0.25, -0.2) is 4.72 Å². The molecule has 72 valence electrons. The van der Waals surface area contributed by atoms with Gasteiger partial charge in [-0.05, 0) is 12.8 Å². The van der Waals surface area contributed by atoms with Gasteiger partial charge in [-0.1, -0.05) is 0 Å². The van der Waals surface area contributed by atoms with Crippen molar-refractivity contribution in [2.24, 2.45) is 0 Å². The van der Waals surface area contributed by atoms with Crippen molar-refractivity contribution >= 4 is 10.2 Å². The molecule has 1 rings (SSSR count). The molecular formula is C6H14N2O3S. The Labute approximate surface area is 72.6 Å². The highest BCUT2D eigenvalue weighted by molar-refractivity contribution is 7.87. The number of aliphatic hydroxyl groups is 1. The molecule has 0 unspecified atom stereocenters. The smallest absolute Gasteiger partial charge is 0.279 e. The number of hydrogen-bond acceptors (Lipinski definition) is 3. The molecule has 0 bridgehead atoms. The van der Waals surface area contributed by atoms with Gasteiger partial charge in [0.05, 0.1) is 0 Å². The fourth-order valence-corrected chi connectivity index (χ4v) is 2.47. The van der Waals surface area contributed by atoms with Gasteiger partial charge in [0.2, 0.25) is 0 Å². The van der Waals surface area contributed by atoms with Crippen molar-refractivity contribution in [3.63, 3.8) is 0 Å². The van der Waals surface area contributed by atoms with Crippen LogP contribution in [0.1, 0.15) is 12.8 Å². The fraction of sp³-hybridized carbons (Fsp3) is 1.00. The van der Waals surface area contributed by atoms with Gasteiger partial charge in [0.1, 0.15) is 0 Å². The van der Waals surface area contributed by atoms with Crippen LogP contribution in [0.25, 0.3) is 0 Å². The SMILES string of the molecule is O=S1(=O)NCCCN1CCCO. The van der Waals surface area contributed by atoms with E-state index < -0.39 is 10.2 Å². The Morgan fingerprint density at radius 2 is 2.25 bits per heavy atom. The molecule has 2 N–H and O–H groups in total. The molecule has 6 heteroatoms. The fourth-order valence-electron chi connectivity index (χ4n) is 1.15. The Kier molecular flexibility index (Phi) is 3.45. The topological polar surface area (TPSA) is 69.6 Å². The van der Waals surface area contributed by atoms with Crippen LogP contribution < -0.4 is 4.72 Å². The van der Waals surface area contributed by atoms with E-state index in [0.29, 0.717) is 26.1 Å². The van der Waals surface area contributed by atoms with Crippen molar-refractivity contribution in [1.82, 2.24) is 9.03 Å². The zero-order valence-electron chi connectivity index (χ0n) is 6.86. The minimum atomic E-state index is -3.22. The second kappa shape index (κ2) is 4.18. The Balaban J connectivity index is 2.49. The maximum Gasteiger partial charge on any atom is 0.279 e. The highest BCUT2D eigenvalue weighted by Crippen LogP contribution is 2.05. The number of aliphatic hydroxyl groups excluding tert-OH is 1. The summed E-state index contributed by atoms with van der Waals surface area (Å²) in [6.45, 7) is 1.53. The predicted octanol–water partition coefficient (Wildman–Crippen LogP) is -1.09. The monoisotopic (exact) mass is 194 g/mol. The Hall–Kier alpha value is -0.170. The molecule has 0 aromatic rings. The van der Waals surface area contributed by atoms with Gasteiger partial charge < -0.3 is 5.11 Å². The molecule has 1 heterocycles. The van der Waals surface area contributed by atoms with Crippen molar-refractivity contribution < 1.29 is 13.5 Å². The minimum Gasteiger partial charge on any atom is -0.396 e. The van der Waals surface area contributed by atoms with Gasteiger partial charge in [-0.3, -0.25) is 0 Å². The lowest BCUT2D eigenvalue weighted by Gasteiger charge is -2.26. The van der Waals surface area contributed by atoms with Crippen LogP contribution >= 0.6 is 0 Å². The van der Waals surface area contributed by atoms with Crippen LogP contribution in [0, 0.1) is 0 Å². The van der Waals surface area contributed by atoms with Crippen molar-refractivity contribution in [2.45, 2.75) is 12.8 Å². The second-order valence-corrected chi connectivity index (χ2v) is 4.48. The molecule has 0 amide bonds. The first kappa shape index (κ1) is 9.91. The van der Waals surface area contributed by atoms with E-state index in [9.17, 15) is 8.42 Å². The molecule has 0 aromatic carbocycles. The Morgan fingerprint density at radius 3 is 2.83 bits per heavy atom. The van der Waals surface area contributed by atoms with Gasteiger partial charge >= 0.3 is 0 Å². The Morgan fingerprint density at radius 1 is 1.50 bits per heavy atom. The quantitative estimate of drug-likeness (QED) is 0.599. The first-order valence-electron chi connectivity index (χ1n) is 4.02. The van der Waals surface area contributed by atoms with Crippen LogP contribution in [-0.4, -0.2) is 44.1 Å². The summed E-state index contributed by atoms with van der Waals surface area (Å²) in [4.78, 5) is 0. The van der Waals surface area contributed by atoms with Crippen LogP contribution in [0.5, 0.6) is 0 Å². The van der Waals surface area contributed by atoms with E-state index in [0.717, 1.165) is 6.42 Å². The molecule has 5 nitrogen and oxygen atoms in total. The molecule has 0 radical (unpaired) electrons. The van der Waals surface area contributed by atoms with Crippen molar-refractivity contribution in [3.8, 4) is 0 Å². The average Bonchev–Trinajstić information content (AvgIpc) is 2.02. The third-order valence-electron chi connectivity index (χ3n) is 1.77. The first-order chi connectivity index (χ1) is 5.67. The standard InChI is InChI=1S/C6H14N2O3S/c9-6-2-5-8-4-1-3-7-12(8,10)11/h7,9H,1-6H2. The van der Waals surface area contributed by atoms with E-state index in [1.165, 1.54) is 4.31 Å². The lowest BCUT2D eigenvalue weighted by molar-refractivity contribution is 0.265. The molecule has 1 fully saturated rings. The van der Waals surface area contributed by atoms with E-state index >= 15 is 0 Å². The number of nitrogens with zero attached hydrogens (tertiary/aromatic N) is 1. The van der Waals surface area contributed by atoms with Gasteiger partial charge in [0.15, 0.2) is 0 Å². The van der Waals surface area contributed by atoms with Crippen LogP contribution in [0.15, 0.2) is 0 Å². The van der Waals surface area contributed by atoms with Gasteiger partial charge in [-0.2, -0.15) is 12.7 Å². The highest BCUT2D eigenvalue weighted by Gasteiger charge is 2.23. The van der Waals surface area contributed by atoms with E-state index in [1.54, 1.807) is 0 Å². The molecule has 0 aromatic heterocycles. The summed E-state index contributed by atoms with van der Waals surface area (Å²) < 4.78 is 26.2. The lowest BCUT2D eigenvalue weighted by Crippen LogP contribution is -2.47. The van der Waals surface area contributed by atoms with E-state index in [4.69, 9.17) is 5.11 Å². The molecule has 1 aliphatic heterocycles. The number of hydrogen-bond donors (Lipinski definition) is 2. The molecule has 0 saturated carbocycles. The summed E-state index contributed by atoms with van der Waals surface area (Å²) in [6, 6.07) is 0. The maximum atomic E-state index is 11.2. The highest BCUT2D eigenvalue weighted by atomic mass is 32.2. The zero-order valence-corrected chi connectivity index (χ0v) is 7.68. The van der Waals surface area contributed by atoms with E-state index in [-0.39, 0.29) is 6.61 Å². The second-order valence-electron chi connectivity index (χ2n) is 2.73. The summed E-state index contributed by atoms with van der Waals surface area (Å²) in [5, 5.41) is 8.53. The summed E-state index contributed by atoms with van der Waals surface area (Å²) in [5.74, 6) is 0. The van der Waals surface area contributed by atoms with Crippen LogP contribution in [0.3, 0.4) is 0 Å². The zero-order chi connectivity index (χ0) is 9.03. The summed E-state index contributed by atoms with van der Waals surface area (Å²) in [7, 11) is -3.22. The van der Waals surface area contributed by atoms with Crippen molar-refractivity contribution in [2.75, 3.05) is 26.2 Å². The molecule has 1 saturated heterocycles. The molecule has 1 aliphatic rings. The van der Waals surface area contributed by atoms with Crippen LogP contribution in [-0.2, 0) is 10.2 Å². The molecular weight excluding hydrogens is 180 g/mol. The molecule has 12 heavy (non-hydrogen) atoms. The lowest BCUT2D eigenvalue weighted by atomic mass is 10.4. The maximum absolute atomic E-state index is 11.2. The van der Waals surface area contributed by atoms with Crippen LogP contribution in [0.2, 0.25) is 0 Å². The minimum absolute atomic E-state index is 0.0337. The molecule has 0 aliphatic carbocycles. The van der Waals surface area contributed by atoms with Crippen molar-refractivity contribution in [1.29, 1.82) is 0 Å². The largest absolute Gasteiger partial charge is 0.396 e. The van der Waals surface area contributed by atoms with Gasteiger partial charge in [0, 0.05) is 26.2 Å². The summed E-state index contributed by atoms with van der Waals surface area (Å²) in [6.07, 6.45) is 1.34. The van der Waals surface area contributed by atoms with E-state index in [2.05, 4.69) is 4.72 Å².